The molecule has 0 aliphatic heterocycles. The van der Waals surface area contributed by atoms with Gasteiger partial charge in [0.15, 0.2) is 5.65 Å². The van der Waals surface area contributed by atoms with Crippen molar-refractivity contribution in [1.82, 2.24) is 14.6 Å². The van der Waals surface area contributed by atoms with E-state index in [9.17, 15) is 4.79 Å². The zero-order valence-corrected chi connectivity index (χ0v) is 23.1. The van der Waals surface area contributed by atoms with E-state index in [2.05, 4.69) is 56.6 Å². The standard InChI is InChI=1S/C31H47N4O/c1-22(2)20-30-18-11-9-7-6-8-10-12-19-31(21-30,29(30,5)23(3)4)25-14-13-15-26-32-28(34-35(25)26)33-27(36)24-16-17-24/h13-15,22-24H,1,6-12,16-21H2,2-5H3,(H,33,34,36)/q-1. The molecule has 4 aliphatic rings. The van der Waals surface area contributed by atoms with E-state index in [0.717, 1.165) is 18.5 Å². The van der Waals surface area contributed by atoms with Crippen LogP contribution in [0.1, 0.15) is 117 Å². The molecule has 4 fully saturated rings. The van der Waals surface area contributed by atoms with Gasteiger partial charge in [0.25, 0.3) is 0 Å². The normalized spacial score (nSPS) is 32.4. The molecule has 36 heavy (non-hydrogen) atoms. The summed E-state index contributed by atoms with van der Waals surface area (Å²) in [4.78, 5) is 17.2. The van der Waals surface area contributed by atoms with E-state index in [-0.39, 0.29) is 22.7 Å². The number of nitrogens with zero attached hydrogens (tertiary/aromatic N) is 3. The predicted molar refractivity (Wildman–Crippen MR) is 147 cm³/mol. The van der Waals surface area contributed by atoms with Gasteiger partial charge in [0.1, 0.15) is 0 Å². The Morgan fingerprint density at radius 1 is 1.08 bits per heavy atom. The maximum Gasteiger partial charge on any atom is 0.249 e. The molecule has 2 aromatic heterocycles. The highest BCUT2D eigenvalue weighted by Crippen LogP contribution is 2.76. The summed E-state index contributed by atoms with van der Waals surface area (Å²) < 4.78 is 2.08. The van der Waals surface area contributed by atoms with E-state index < -0.39 is 0 Å². The molecule has 0 spiro atoms. The van der Waals surface area contributed by atoms with Crippen molar-refractivity contribution in [2.75, 3.05) is 5.32 Å². The molecule has 5 heteroatoms. The quantitative estimate of drug-likeness (QED) is 0.420. The average molecular weight is 492 g/mol. The number of anilines is 1. The van der Waals surface area contributed by atoms with Crippen LogP contribution in [-0.2, 0) is 10.2 Å². The molecule has 1 amide bonds. The number of carbonyl (C=O) groups is 1. The molecule has 0 saturated heterocycles. The van der Waals surface area contributed by atoms with Crippen LogP contribution in [0, 0.1) is 35.5 Å². The summed E-state index contributed by atoms with van der Waals surface area (Å²) in [6, 6.07) is 6.49. The van der Waals surface area contributed by atoms with Crippen molar-refractivity contribution in [2.45, 2.75) is 117 Å². The van der Waals surface area contributed by atoms with Crippen molar-refractivity contribution in [3.63, 3.8) is 0 Å². The minimum absolute atomic E-state index is 0.0419. The lowest BCUT2D eigenvalue weighted by molar-refractivity contribution is -0.208. The Balaban J connectivity index is 1.61. The van der Waals surface area contributed by atoms with Gasteiger partial charge in [-0.05, 0) is 61.0 Å². The Labute approximate surface area is 218 Å². The van der Waals surface area contributed by atoms with Crippen molar-refractivity contribution in [3.05, 3.63) is 30.8 Å². The number of nitrogens with one attached hydrogen (secondary N) is 1. The first-order valence-corrected chi connectivity index (χ1v) is 14.7. The summed E-state index contributed by atoms with van der Waals surface area (Å²) in [6.45, 7) is 14.3. The molecule has 4 aliphatic carbocycles. The Morgan fingerprint density at radius 3 is 2.39 bits per heavy atom. The predicted octanol–water partition coefficient (Wildman–Crippen LogP) is 7.75. The van der Waals surface area contributed by atoms with Crippen molar-refractivity contribution in [2.24, 2.45) is 28.6 Å². The summed E-state index contributed by atoms with van der Waals surface area (Å²) in [5.74, 6) is 1.64. The number of rotatable bonds is 6. The first-order chi connectivity index (χ1) is 17.2. The largest absolute Gasteiger partial charge is 0.341 e. The van der Waals surface area contributed by atoms with E-state index in [4.69, 9.17) is 10.1 Å². The van der Waals surface area contributed by atoms with E-state index in [0.29, 0.717) is 23.2 Å². The summed E-state index contributed by atoms with van der Waals surface area (Å²) in [5, 5.41) is 7.90. The molecule has 0 radical (unpaired) electrons. The van der Waals surface area contributed by atoms with Crippen LogP contribution < -0.4 is 5.32 Å². The molecule has 4 saturated carbocycles. The minimum atomic E-state index is 0.0419. The van der Waals surface area contributed by atoms with Gasteiger partial charge < -0.3 is 6.92 Å². The first-order valence-electron chi connectivity index (χ1n) is 14.7. The molecule has 5 nitrogen and oxygen atoms in total. The number of hydrogen-bond acceptors (Lipinski definition) is 3. The third kappa shape index (κ3) is 4.19. The highest BCUT2D eigenvalue weighted by Gasteiger charge is 2.71. The fraction of sp³-hybridized carbons (Fsp3) is 0.742. The van der Waals surface area contributed by atoms with Gasteiger partial charge in [-0.1, -0.05) is 85.1 Å². The maximum absolute atomic E-state index is 12.5. The van der Waals surface area contributed by atoms with Crippen LogP contribution in [0.2, 0.25) is 0 Å². The Hall–Kier alpha value is -1.91. The maximum atomic E-state index is 12.5. The fourth-order valence-corrected chi connectivity index (χ4v) is 8.40. The number of amides is 1. The van der Waals surface area contributed by atoms with Crippen LogP contribution in [0.15, 0.2) is 18.2 Å². The van der Waals surface area contributed by atoms with Gasteiger partial charge in [0.2, 0.25) is 11.9 Å². The van der Waals surface area contributed by atoms with E-state index in [1.165, 1.54) is 76.3 Å². The topological polar surface area (TPSA) is 59.3 Å². The van der Waals surface area contributed by atoms with Crippen LogP contribution in [0.25, 0.3) is 5.65 Å². The Kier molecular flexibility index (Phi) is 6.97. The van der Waals surface area contributed by atoms with Crippen molar-refractivity contribution >= 4 is 17.5 Å². The van der Waals surface area contributed by atoms with E-state index in [1.807, 2.05) is 6.07 Å². The molecule has 2 bridgehead atoms. The average Bonchev–Trinajstić information content (AvgIpc) is 3.59. The van der Waals surface area contributed by atoms with Gasteiger partial charge >= 0.3 is 0 Å². The fourth-order valence-electron chi connectivity index (χ4n) is 8.40. The Morgan fingerprint density at radius 2 is 1.75 bits per heavy atom. The number of pyridine rings is 1. The van der Waals surface area contributed by atoms with Crippen LogP contribution in [0.3, 0.4) is 0 Å². The second kappa shape index (κ2) is 9.76. The molecule has 6 rings (SSSR count). The van der Waals surface area contributed by atoms with Crippen molar-refractivity contribution in [1.29, 1.82) is 0 Å². The van der Waals surface area contributed by atoms with Gasteiger partial charge in [-0.2, -0.15) is 10.9 Å². The van der Waals surface area contributed by atoms with Crippen molar-refractivity contribution < 1.29 is 4.79 Å². The minimum Gasteiger partial charge on any atom is -0.341 e. The van der Waals surface area contributed by atoms with Gasteiger partial charge in [-0.15, -0.1) is 5.10 Å². The van der Waals surface area contributed by atoms with Crippen LogP contribution in [-0.4, -0.2) is 20.5 Å². The molecular formula is C31H47N4O-. The monoisotopic (exact) mass is 491 g/mol. The summed E-state index contributed by atoms with van der Waals surface area (Å²) in [6.07, 6.45) is 16.2. The Bertz CT molecular complexity index is 1090. The highest BCUT2D eigenvalue weighted by molar-refractivity contribution is 5.92. The smallest absolute Gasteiger partial charge is 0.249 e. The van der Waals surface area contributed by atoms with Crippen LogP contribution in [0.4, 0.5) is 5.95 Å². The molecule has 0 aromatic carbocycles. The molecule has 198 valence electrons. The molecule has 4 atom stereocenters. The summed E-state index contributed by atoms with van der Waals surface area (Å²) >= 11 is 0. The number of hydrogen-bond donors (Lipinski definition) is 1. The number of fused-ring (bicyclic) bond motifs is 9. The van der Waals surface area contributed by atoms with Gasteiger partial charge in [-0.25, -0.2) is 4.52 Å². The third-order valence-corrected chi connectivity index (χ3v) is 10.4. The lowest BCUT2D eigenvalue weighted by atomic mass is 9.30. The molecule has 4 unspecified atom stereocenters. The molecular weight excluding hydrogens is 444 g/mol. The zero-order valence-electron chi connectivity index (χ0n) is 23.1. The van der Waals surface area contributed by atoms with Crippen molar-refractivity contribution in [3.8, 4) is 0 Å². The summed E-state index contributed by atoms with van der Waals surface area (Å²) in [5.41, 5.74) is 2.62. The van der Waals surface area contributed by atoms with Gasteiger partial charge in [-0.3, -0.25) is 10.1 Å². The van der Waals surface area contributed by atoms with Crippen LogP contribution >= 0.6 is 0 Å². The van der Waals surface area contributed by atoms with Gasteiger partial charge in [0.05, 0.1) is 5.69 Å². The van der Waals surface area contributed by atoms with Crippen LogP contribution in [0.5, 0.6) is 0 Å². The SMILES string of the molecule is [CH2-]C(C)CC12CCCCCCCCCC(c3cccc4nc(NC(=O)C5CC5)nn34)(C1)C2(C)C(C)C. The molecule has 2 heterocycles. The lowest BCUT2D eigenvalue weighted by Gasteiger charge is -2.74. The second-order valence-corrected chi connectivity index (χ2v) is 13.1. The van der Waals surface area contributed by atoms with E-state index >= 15 is 0 Å². The zero-order chi connectivity index (χ0) is 25.6. The summed E-state index contributed by atoms with van der Waals surface area (Å²) in [7, 11) is 0. The number of carbonyl (C=O) groups excluding carboxylic acids is 1. The first kappa shape index (κ1) is 25.7. The highest BCUT2D eigenvalue weighted by atomic mass is 16.2. The van der Waals surface area contributed by atoms with Gasteiger partial charge in [0, 0.05) is 11.3 Å². The second-order valence-electron chi connectivity index (χ2n) is 13.1. The lowest BCUT2D eigenvalue weighted by Crippen LogP contribution is -2.69. The molecule has 2 aromatic rings. The number of aromatic nitrogens is 3. The molecule has 1 N–H and O–H groups in total. The van der Waals surface area contributed by atoms with E-state index in [1.54, 1.807) is 0 Å². The third-order valence-electron chi connectivity index (χ3n) is 10.4.